The molecule has 2 aromatic rings. The predicted molar refractivity (Wildman–Crippen MR) is 133 cm³/mol. The number of nitrogens with one attached hydrogen (secondary N) is 2. The van der Waals surface area contributed by atoms with Crippen molar-refractivity contribution in [1.29, 1.82) is 5.41 Å². The van der Waals surface area contributed by atoms with Gasteiger partial charge >= 0.3 is 18.1 Å². The first kappa shape index (κ1) is 31.2. The van der Waals surface area contributed by atoms with Crippen molar-refractivity contribution < 1.29 is 50.4 Å². The van der Waals surface area contributed by atoms with Crippen LogP contribution in [-0.2, 0) is 42.2 Å². The molecule has 4 N–H and O–H groups in total. The highest BCUT2D eigenvalue weighted by Gasteiger charge is 2.47. The first-order chi connectivity index (χ1) is 19.1. The molecule has 0 aliphatic carbocycles. The van der Waals surface area contributed by atoms with Crippen LogP contribution in [-0.4, -0.2) is 61.0 Å². The number of fused-ring (bicyclic) bond motifs is 1. The van der Waals surface area contributed by atoms with Gasteiger partial charge in [0.1, 0.15) is 11.8 Å². The number of hydrogen-bond donors (Lipinski definition) is 3. The van der Waals surface area contributed by atoms with Crippen LogP contribution in [0, 0.1) is 22.4 Å². The van der Waals surface area contributed by atoms with Crippen molar-refractivity contribution in [2.75, 3.05) is 13.2 Å². The van der Waals surface area contributed by atoms with Crippen LogP contribution in [0.25, 0.3) is 0 Å². The van der Waals surface area contributed by atoms with Crippen molar-refractivity contribution in [3.8, 4) is 5.75 Å². The van der Waals surface area contributed by atoms with Crippen molar-refractivity contribution in [1.82, 2.24) is 9.79 Å². The number of nitrogens with zero attached hydrogens (tertiary/aromatic N) is 2. The number of carbonyl (C=O) groups is 2. The van der Waals surface area contributed by atoms with Crippen molar-refractivity contribution in [2.45, 2.75) is 43.4 Å². The van der Waals surface area contributed by atoms with E-state index in [2.05, 4.69) is 10.2 Å². The van der Waals surface area contributed by atoms with E-state index in [9.17, 15) is 41.3 Å². The molecule has 0 amide bonds. The van der Waals surface area contributed by atoms with Gasteiger partial charge in [-0.25, -0.2) is 23.5 Å². The highest BCUT2D eigenvalue weighted by molar-refractivity contribution is 7.89. The largest absolute Gasteiger partial charge is 0.493 e. The summed E-state index contributed by atoms with van der Waals surface area (Å²) < 4.78 is 75.9. The Morgan fingerprint density at radius 2 is 1.90 bits per heavy atom. The van der Waals surface area contributed by atoms with Crippen molar-refractivity contribution in [2.24, 2.45) is 5.73 Å². The molecule has 1 atom stereocenters. The summed E-state index contributed by atoms with van der Waals surface area (Å²) in [4.78, 5) is 38.9. The molecule has 222 valence electrons. The molecule has 0 bridgehead atoms. The molecular formula is C23H24F3N5O9S. The molecule has 0 saturated heterocycles. The van der Waals surface area contributed by atoms with Crippen LogP contribution < -0.4 is 16.0 Å². The number of halogens is 3. The predicted octanol–water partition coefficient (Wildman–Crippen LogP) is 1.83. The average Bonchev–Trinajstić information content (AvgIpc) is 2.89. The number of sulfonamides is 1. The van der Waals surface area contributed by atoms with Gasteiger partial charge < -0.3 is 15.2 Å². The van der Waals surface area contributed by atoms with Crippen LogP contribution in [0.5, 0.6) is 5.75 Å². The molecule has 0 fully saturated rings. The minimum Gasteiger partial charge on any atom is -0.493 e. The SMILES string of the molecule is Cc1ccc([N+](=O)[O-])cc1S(=O)(=O)N1Cc2cc(OCCCONC(=N)N)ccc2C[C@H]1C(=O)OC(=O)C(F)(F)F. The summed E-state index contributed by atoms with van der Waals surface area (Å²) in [7, 11) is -4.76. The molecule has 18 heteroatoms. The standard InChI is InChI=1S/C23H24F3N5O9S/c1-13-3-5-16(31(34)35)11-19(13)41(36,37)30-12-15-9-17(38-7-2-8-39-29-22(27)28)6-4-14(15)10-18(30)20(32)40-21(33)23(24,25)26/h3-6,9,11,18H,2,7-8,10,12H2,1H3,(H4,27,28,29)/t18-/m0/s1. The van der Waals surface area contributed by atoms with Gasteiger partial charge in [-0.2, -0.15) is 17.5 Å². The third-order valence-corrected chi connectivity index (χ3v) is 7.77. The molecule has 1 heterocycles. The quantitative estimate of drug-likeness (QED) is 0.0680. The van der Waals surface area contributed by atoms with E-state index in [4.69, 9.17) is 20.7 Å². The Bertz CT molecular complexity index is 1470. The van der Waals surface area contributed by atoms with E-state index >= 15 is 0 Å². The van der Waals surface area contributed by atoms with E-state index in [1.165, 1.54) is 31.2 Å². The summed E-state index contributed by atoms with van der Waals surface area (Å²) in [6, 6.07) is 5.55. The molecule has 0 spiro atoms. The summed E-state index contributed by atoms with van der Waals surface area (Å²) in [5.41, 5.74) is 7.43. The second-order valence-corrected chi connectivity index (χ2v) is 10.5. The number of ether oxygens (including phenoxy) is 2. The van der Waals surface area contributed by atoms with Gasteiger partial charge in [0.05, 0.1) is 23.0 Å². The molecule has 0 aromatic heterocycles. The zero-order chi connectivity index (χ0) is 30.5. The molecule has 3 rings (SSSR count). The second-order valence-electron chi connectivity index (χ2n) is 8.68. The molecule has 0 radical (unpaired) electrons. The highest BCUT2D eigenvalue weighted by Crippen LogP contribution is 2.34. The van der Waals surface area contributed by atoms with Gasteiger partial charge in [0, 0.05) is 31.5 Å². The normalized spacial score (nSPS) is 15.5. The van der Waals surface area contributed by atoms with Crippen LogP contribution in [0.4, 0.5) is 18.9 Å². The molecule has 0 saturated carbocycles. The average molecular weight is 604 g/mol. The summed E-state index contributed by atoms with van der Waals surface area (Å²) in [5.74, 6) is -4.67. The Kier molecular flexibility index (Phi) is 9.51. The summed E-state index contributed by atoms with van der Waals surface area (Å²) in [6.07, 6.45) is -5.61. The zero-order valence-corrected chi connectivity index (χ0v) is 22.1. The third kappa shape index (κ3) is 7.68. The maximum absolute atomic E-state index is 13.7. The van der Waals surface area contributed by atoms with Gasteiger partial charge in [0.15, 0.2) is 0 Å². The van der Waals surface area contributed by atoms with E-state index in [-0.39, 0.29) is 24.7 Å². The Morgan fingerprint density at radius 1 is 1.20 bits per heavy atom. The summed E-state index contributed by atoms with van der Waals surface area (Å²) >= 11 is 0. The van der Waals surface area contributed by atoms with Crippen LogP contribution in [0.3, 0.4) is 0 Å². The Labute approximate surface area is 230 Å². The molecule has 1 aliphatic heterocycles. The lowest BCUT2D eigenvalue weighted by molar-refractivity contribution is -0.385. The monoisotopic (exact) mass is 603 g/mol. The smallest absolute Gasteiger partial charge is 0.491 e. The van der Waals surface area contributed by atoms with Crippen molar-refractivity contribution in [3.63, 3.8) is 0 Å². The number of rotatable bonds is 10. The zero-order valence-electron chi connectivity index (χ0n) is 21.3. The van der Waals surface area contributed by atoms with Gasteiger partial charge in [-0.15, -0.1) is 0 Å². The fourth-order valence-electron chi connectivity index (χ4n) is 3.85. The second kappa shape index (κ2) is 12.5. The number of benzene rings is 2. The first-order valence-corrected chi connectivity index (χ1v) is 13.1. The van der Waals surface area contributed by atoms with Gasteiger partial charge in [0.25, 0.3) is 5.69 Å². The van der Waals surface area contributed by atoms with Crippen LogP contribution in [0.1, 0.15) is 23.1 Å². The molecule has 14 nitrogen and oxygen atoms in total. The van der Waals surface area contributed by atoms with Crippen LogP contribution in [0.15, 0.2) is 41.3 Å². The fraction of sp³-hybridized carbons (Fsp3) is 0.348. The minimum absolute atomic E-state index is 0.0680. The Balaban J connectivity index is 1.93. The minimum atomic E-state index is -5.51. The number of hydroxylamine groups is 1. The Hall–Kier alpha value is -4.29. The fourth-order valence-corrected chi connectivity index (χ4v) is 5.66. The Morgan fingerprint density at radius 3 is 2.54 bits per heavy atom. The van der Waals surface area contributed by atoms with Crippen molar-refractivity contribution >= 4 is 33.6 Å². The lowest BCUT2D eigenvalue weighted by Crippen LogP contribution is -2.50. The molecule has 2 aromatic carbocycles. The maximum atomic E-state index is 13.7. The topological polar surface area (TPSA) is 204 Å². The number of guanidine groups is 1. The lowest BCUT2D eigenvalue weighted by atomic mass is 9.95. The van der Waals surface area contributed by atoms with E-state index < -0.39 is 62.7 Å². The number of esters is 2. The number of hydrogen-bond acceptors (Lipinski definition) is 10. The third-order valence-electron chi connectivity index (χ3n) is 5.77. The van der Waals surface area contributed by atoms with Gasteiger partial charge in [0.2, 0.25) is 16.0 Å². The highest BCUT2D eigenvalue weighted by atomic mass is 32.2. The summed E-state index contributed by atoms with van der Waals surface area (Å²) in [5, 5.41) is 18.3. The molecule has 0 unspecified atom stereocenters. The number of alkyl halides is 3. The summed E-state index contributed by atoms with van der Waals surface area (Å²) in [6.45, 7) is 1.07. The molecule has 1 aliphatic rings. The van der Waals surface area contributed by atoms with Crippen molar-refractivity contribution in [3.05, 3.63) is 63.2 Å². The number of nitro groups is 1. The van der Waals surface area contributed by atoms with Gasteiger partial charge in [-0.3, -0.25) is 20.4 Å². The van der Waals surface area contributed by atoms with Gasteiger partial charge in [-0.1, -0.05) is 12.1 Å². The number of nitrogens with two attached hydrogens (primary N) is 1. The van der Waals surface area contributed by atoms with Crippen LogP contribution >= 0.6 is 0 Å². The maximum Gasteiger partial charge on any atom is 0.491 e. The number of non-ortho nitro benzene ring substituents is 1. The number of aryl methyl sites for hydroxylation is 1. The van der Waals surface area contributed by atoms with Crippen LogP contribution in [0.2, 0.25) is 0 Å². The number of carbonyl (C=O) groups excluding carboxylic acids is 2. The first-order valence-electron chi connectivity index (χ1n) is 11.7. The number of nitro benzene ring substituents is 1. The molecule has 41 heavy (non-hydrogen) atoms. The van der Waals surface area contributed by atoms with E-state index in [0.29, 0.717) is 27.6 Å². The van der Waals surface area contributed by atoms with E-state index in [0.717, 1.165) is 12.1 Å². The van der Waals surface area contributed by atoms with Gasteiger partial charge in [-0.05, 0) is 35.7 Å². The molecular weight excluding hydrogens is 579 g/mol. The van der Waals surface area contributed by atoms with E-state index in [1.807, 2.05) is 0 Å². The lowest BCUT2D eigenvalue weighted by Gasteiger charge is -2.34. The van der Waals surface area contributed by atoms with E-state index in [1.54, 1.807) is 0 Å².